The van der Waals surface area contributed by atoms with E-state index in [0.717, 1.165) is 24.8 Å². The van der Waals surface area contributed by atoms with E-state index < -0.39 is 15.3 Å². The molecule has 1 aromatic rings. The number of carbonyl (C=O) groups excluding carboxylic acids is 1. The van der Waals surface area contributed by atoms with Gasteiger partial charge in [0.2, 0.25) is 5.91 Å². The number of benzene rings is 1. The van der Waals surface area contributed by atoms with Gasteiger partial charge in [-0.1, -0.05) is 18.6 Å². The average molecular weight is 353 g/mol. The van der Waals surface area contributed by atoms with Crippen LogP contribution in [0.5, 0.6) is 0 Å². The number of hydrogen-bond acceptors (Lipinski definition) is 5. The van der Waals surface area contributed by atoms with Crippen molar-refractivity contribution >= 4 is 15.7 Å². The van der Waals surface area contributed by atoms with E-state index in [9.17, 15) is 13.2 Å². The molecule has 7 heteroatoms. The summed E-state index contributed by atoms with van der Waals surface area (Å²) in [5.74, 6) is -0.0185. The molecule has 1 amide bonds. The Balaban J connectivity index is 1.70. The topological polar surface area (TPSA) is 81.7 Å². The molecule has 1 aromatic carbocycles. The Hall–Kier alpha value is -1.44. The van der Waals surface area contributed by atoms with E-state index in [4.69, 9.17) is 9.47 Å². The van der Waals surface area contributed by atoms with Gasteiger partial charge >= 0.3 is 0 Å². The fourth-order valence-electron chi connectivity index (χ4n) is 3.23. The lowest BCUT2D eigenvalue weighted by molar-refractivity contribution is -0.132. The number of sulfone groups is 1. The summed E-state index contributed by atoms with van der Waals surface area (Å²) in [6, 6.07) is 6.68. The van der Waals surface area contributed by atoms with E-state index in [1.807, 2.05) is 0 Å². The fourth-order valence-corrected chi connectivity index (χ4v) is 3.86. The van der Waals surface area contributed by atoms with Crippen LogP contribution >= 0.6 is 0 Å². The predicted octanol–water partition coefficient (Wildman–Crippen LogP) is 1.04. The van der Waals surface area contributed by atoms with E-state index >= 15 is 0 Å². The first-order chi connectivity index (χ1) is 11.4. The molecule has 1 atom stereocenters. The van der Waals surface area contributed by atoms with Crippen molar-refractivity contribution in [2.75, 3.05) is 32.6 Å². The van der Waals surface area contributed by atoms with Crippen molar-refractivity contribution in [3.05, 3.63) is 29.8 Å². The summed E-state index contributed by atoms with van der Waals surface area (Å²) in [6.45, 7) is 2.08. The zero-order valence-corrected chi connectivity index (χ0v) is 14.6. The minimum absolute atomic E-state index is 0.0185. The molecule has 1 aliphatic carbocycles. The van der Waals surface area contributed by atoms with Crippen molar-refractivity contribution in [3.63, 3.8) is 0 Å². The third-order valence-electron chi connectivity index (χ3n) is 4.85. The molecule has 0 bridgehead atoms. The molecular formula is C17H23NO5S. The molecule has 0 unspecified atom stereocenters. The van der Waals surface area contributed by atoms with Gasteiger partial charge in [0.15, 0.2) is 9.84 Å². The maximum absolute atomic E-state index is 12.7. The SMILES string of the molecule is CS(=O)(=O)c1ccc(C2(C(=O)NC[C@@H]3COCCO3)CCC2)cc1. The summed E-state index contributed by atoms with van der Waals surface area (Å²) < 4.78 is 34.0. The highest BCUT2D eigenvalue weighted by Crippen LogP contribution is 2.44. The van der Waals surface area contributed by atoms with Crippen LogP contribution in [0.15, 0.2) is 29.2 Å². The van der Waals surface area contributed by atoms with Gasteiger partial charge in [0.05, 0.1) is 36.2 Å². The van der Waals surface area contributed by atoms with Gasteiger partial charge in [0, 0.05) is 12.8 Å². The van der Waals surface area contributed by atoms with Crippen LogP contribution in [0.3, 0.4) is 0 Å². The molecule has 6 nitrogen and oxygen atoms in total. The number of rotatable bonds is 5. The summed E-state index contributed by atoms with van der Waals surface area (Å²) in [5, 5.41) is 2.98. The van der Waals surface area contributed by atoms with Crippen molar-refractivity contribution in [3.8, 4) is 0 Å². The Kier molecular flexibility index (Phi) is 4.94. The fraction of sp³-hybridized carbons (Fsp3) is 0.588. The third-order valence-corrected chi connectivity index (χ3v) is 5.98. The van der Waals surface area contributed by atoms with Crippen molar-refractivity contribution in [1.82, 2.24) is 5.32 Å². The Morgan fingerprint density at radius 2 is 1.96 bits per heavy atom. The lowest BCUT2D eigenvalue weighted by Gasteiger charge is -2.41. The number of ether oxygens (including phenoxy) is 2. The van der Waals surface area contributed by atoms with Gasteiger partial charge in [-0.05, 0) is 30.5 Å². The number of amides is 1. The molecule has 1 aliphatic heterocycles. The van der Waals surface area contributed by atoms with E-state index in [2.05, 4.69) is 5.32 Å². The minimum Gasteiger partial charge on any atom is -0.376 e. The lowest BCUT2D eigenvalue weighted by atomic mass is 9.64. The second-order valence-corrected chi connectivity index (χ2v) is 8.53. The highest BCUT2D eigenvalue weighted by atomic mass is 32.2. The Labute approximate surface area is 142 Å². The molecular weight excluding hydrogens is 330 g/mol. The van der Waals surface area contributed by atoms with Gasteiger partial charge < -0.3 is 14.8 Å². The van der Waals surface area contributed by atoms with Gasteiger partial charge in [-0.3, -0.25) is 4.79 Å². The summed E-state index contributed by atoms with van der Waals surface area (Å²) >= 11 is 0. The van der Waals surface area contributed by atoms with Gasteiger partial charge in [-0.25, -0.2) is 8.42 Å². The van der Waals surface area contributed by atoms with Crippen molar-refractivity contribution in [2.45, 2.75) is 35.7 Å². The van der Waals surface area contributed by atoms with E-state index in [-0.39, 0.29) is 16.9 Å². The maximum atomic E-state index is 12.7. The first kappa shape index (κ1) is 17.4. The Morgan fingerprint density at radius 1 is 1.25 bits per heavy atom. The molecule has 0 aromatic heterocycles. The molecule has 3 rings (SSSR count). The zero-order chi connectivity index (χ0) is 17.2. The second-order valence-electron chi connectivity index (χ2n) is 6.51. The molecule has 132 valence electrons. The van der Waals surface area contributed by atoms with Crippen LogP contribution in [0.25, 0.3) is 0 Å². The number of carbonyl (C=O) groups is 1. The zero-order valence-electron chi connectivity index (χ0n) is 13.8. The largest absolute Gasteiger partial charge is 0.376 e. The monoisotopic (exact) mass is 353 g/mol. The van der Waals surface area contributed by atoms with Crippen LogP contribution in [-0.2, 0) is 29.5 Å². The second kappa shape index (κ2) is 6.82. The highest BCUT2D eigenvalue weighted by Gasteiger charge is 2.45. The van der Waals surface area contributed by atoms with E-state index in [0.29, 0.717) is 26.4 Å². The van der Waals surface area contributed by atoms with Crippen molar-refractivity contribution in [2.24, 2.45) is 0 Å². The molecule has 24 heavy (non-hydrogen) atoms. The third kappa shape index (κ3) is 3.48. The number of nitrogens with one attached hydrogen (secondary N) is 1. The summed E-state index contributed by atoms with van der Waals surface area (Å²) in [5.41, 5.74) is 0.324. The van der Waals surface area contributed by atoms with E-state index in [1.165, 1.54) is 6.26 Å². The van der Waals surface area contributed by atoms with Crippen molar-refractivity contribution in [1.29, 1.82) is 0 Å². The Morgan fingerprint density at radius 3 is 2.46 bits per heavy atom. The molecule has 1 heterocycles. The van der Waals surface area contributed by atoms with Gasteiger partial charge in [0.25, 0.3) is 0 Å². The summed E-state index contributed by atoms with van der Waals surface area (Å²) in [7, 11) is -3.23. The smallest absolute Gasteiger partial charge is 0.230 e. The lowest BCUT2D eigenvalue weighted by Crippen LogP contribution is -2.51. The molecule has 0 radical (unpaired) electrons. The van der Waals surface area contributed by atoms with Crippen LogP contribution in [0.2, 0.25) is 0 Å². The van der Waals surface area contributed by atoms with Gasteiger partial charge in [-0.15, -0.1) is 0 Å². The van der Waals surface area contributed by atoms with E-state index in [1.54, 1.807) is 24.3 Å². The quantitative estimate of drug-likeness (QED) is 0.855. The summed E-state index contributed by atoms with van der Waals surface area (Å²) in [4.78, 5) is 13.0. The van der Waals surface area contributed by atoms with Crippen molar-refractivity contribution < 1.29 is 22.7 Å². The summed E-state index contributed by atoms with van der Waals surface area (Å²) in [6.07, 6.45) is 3.62. The van der Waals surface area contributed by atoms with Crippen LogP contribution < -0.4 is 5.32 Å². The van der Waals surface area contributed by atoms with Gasteiger partial charge in [0.1, 0.15) is 0 Å². The molecule has 2 aliphatic rings. The predicted molar refractivity (Wildman–Crippen MR) is 88.6 cm³/mol. The standard InChI is InChI=1S/C17H23NO5S/c1-24(20,21)15-5-3-13(4-6-15)17(7-2-8-17)16(19)18-11-14-12-22-9-10-23-14/h3-6,14H,2,7-12H2,1H3,(H,18,19)/t14-/m1/s1. The van der Waals surface area contributed by atoms with Crippen LogP contribution in [-0.4, -0.2) is 53.1 Å². The highest BCUT2D eigenvalue weighted by molar-refractivity contribution is 7.90. The molecule has 1 saturated heterocycles. The molecule has 0 spiro atoms. The first-order valence-corrected chi connectivity index (χ1v) is 10.1. The normalized spacial score (nSPS) is 23.3. The Bertz CT molecular complexity index is 688. The van der Waals surface area contributed by atoms with Crippen LogP contribution in [0.1, 0.15) is 24.8 Å². The average Bonchev–Trinajstić information content (AvgIpc) is 2.52. The van der Waals surface area contributed by atoms with Crippen LogP contribution in [0, 0.1) is 0 Å². The molecule has 1 saturated carbocycles. The number of hydrogen-bond donors (Lipinski definition) is 1. The first-order valence-electron chi connectivity index (χ1n) is 8.20. The van der Waals surface area contributed by atoms with Gasteiger partial charge in [-0.2, -0.15) is 0 Å². The minimum atomic E-state index is -3.23. The molecule has 2 fully saturated rings. The molecule has 1 N–H and O–H groups in total. The maximum Gasteiger partial charge on any atom is 0.230 e. The van der Waals surface area contributed by atoms with Crippen LogP contribution in [0.4, 0.5) is 0 Å².